The molecule has 96 valence electrons. The van der Waals surface area contributed by atoms with Crippen molar-refractivity contribution in [2.75, 3.05) is 12.3 Å². The molecule has 0 aliphatic heterocycles. The van der Waals surface area contributed by atoms with Gasteiger partial charge in [-0.15, -0.1) is 0 Å². The Morgan fingerprint density at radius 1 is 1.29 bits per heavy atom. The molecule has 0 amide bonds. The lowest BCUT2D eigenvalue weighted by Gasteiger charge is -2.13. The van der Waals surface area contributed by atoms with E-state index in [4.69, 9.17) is 0 Å². The molecule has 0 aliphatic rings. The van der Waals surface area contributed by atoms with E-state index in [-0.39, 0.29) is 0 Å². The van der Waals surface area contributed by atoms with Crippen LogP contribution in [-0.2, 0) is 16.6 Å². The lowest BCUT2D eigenvalue weighted by atomic mass is 10.2. The van der Waals surface area contributed by atoms with Crippen LogP contribution in [0.4, 0.5) is 0 Å². The molecule has 0 saturated carbocycles. The van der Waals surface area contributed by atoms with Gasteiger partial charge in [-0.25, -0.2) is 0 Å². The first-order valence-electron chi connectivity index (χ1n) is 5.88. The summed E-state index contributed by atoms with van der Waals surface area (Å²) in [6, 6.07) is 10.1. The molecule has 0 radical (unpaired) electrons. The predicted molar refractivity (Wildman–Crippen MR) is 72.3 cm³/mol. The Morgan fingerprint density at radius 2 is 1.94 bits per heavy atom. The molecule has 0 bridgehead atoms. The average molecular weight is 255 g/mol. The third-order valence-electron chi connectivity index (χ3n) is 2.31. The fourth-order valence-electron chi connectivity index (χ4n) is 1.46. The van der Waals surface area contributed by atoms with Crippen molar-refractivity contribution in [3.8, 4) is 0 Å². The highest BCUT2D eigenvalue weighted by Crippen LogP contribution is 2.03. The van der Waals surface area contributed by atoms with Crippen molar-refractivity contribution < 1.29 is 9.32 Å². The van der Waals surface area contributed by atoms with E-state index in [0.717, 1.165) is 5.56 Å². The summed E-state index contributed by atoms with van der Waals surface area (Å²) >= 11 is 0. The minimum atomic E-state index is -1.01. The smallest absolute Gasteiger partial charge is 0.0779 e. The Bertz CT molecular complexity index is 341. The van der Waals surface area contributed by atoms with Gasteiger partial charge in [0.2, 0.25) is 0 Å². The molecule has 0 spiro atoms. The van der Waals surface area contributed by atoms with Gasteiger partial charge in [0.15, 0.2) is 0 Å². The Balaban J connectivity index is 2.29. The van der Waals surface area contributed by atoms with Crippen molar-refractivity contribution in [3.63, 3.8) is 0 Å². The molecule has 4 heteroatoms. The van der Waals surface area contributed by atoms with Crippen molar-refractivity contribution in [1.29, 1.82) is 0 Å². The van der Waals surface area contributed by atoms with Crippen LogP contribution in [0.2, 0.25) is 0 Å². The summed E-state index contributed by atoms with van der Waals surface area (Å²) < 4.78 is 11.8. The zero-order valence-corrected chi connectivity index (χ0v) is 11.2. The molecule has 0 aromatic heterocycles. The maximum absolute atomic E-state index is 11.8. The van der Waals surface area contributed by atoms with Gasteiger partial charge in [-0.1, -0.05) is 44.2 Å². The largest absolute Gasteiger partial charge is 0.391 e. The van der Waals surface area contributed by atoms with E-state index in [1.807, 2.05) is 44.2 Å². The SMILES string of the molecule is CC(C)NC[C@H](O)C[S@@](=O)Cc1ccccc1. The first-order valence-corrected chi connectivity index (χ1v) is 7.37. The molecule has 0 fully saturated rings. The number of nitrogens with one attached hydrogen (secondary N) is 1. The first-order chi connectivity index (χ1) is 8.08. The molecule has 1 aromatic rings. The predicted octanol–water partition coefficient (Wildman–Crippen LogP) is 1.29. The van der Waals surface area contributed by atoms with Gasteiger partial charge in [0.25, 0.3) is 0 Å². The molecule has 3 nitrogen and oxygen atoms in total. The lowest BCUT2D eigenvalue weighted by Crippen LogP contribution is -2.35. The Kier molecular flexibility index (Phi) is 6.40. The van der Waals surface area contributed by atoms with E-state index in [1.165, 1.54) is 0 Å². The van der Waals surface area contributed by atoms with Crippen molar-refractivity contribution in [2.24, 2.45) is 0 Å². The lowest BCUT2D eigenvalue weighted by molar-refractivity contribution is 0.191. The molecule has 0 heterocycles. The van der Waals surface area contributed by atoms with Crippen LogP contribution >= 0.6 is 0 Å². The second-order valence-electron chi connectivity index (χ2n) is 4.45. The molecular weight excluding hydrogens is 234 g/mol. The Hall–Kier alpha value is -0.710. The molecule has 1 rings (SSSR count). The van der Waals surface area contributed by atoms with Gasteiger partial charge in [-0.2, -0.15) is 0 Å². The number of hydrogen-bond acceptors (Lipinski definition) is 3. The summed E-state index contributed by atoms with van der Waals surface area (Å²) in [5.74, 6) is 0.841. The van der Waals surface area contributed by atoms with Gasteiger partial charge in [0, 0.05) is 29.1 Å². The van der Waals surface area contributed by atoms with Gasteiger partial charge >= 0.3 is 0 Å². The quantitative estimate of drug-likeness (QED) is 0.772. The minimum Gasteiger partial charge on any atom is -0.391 e. The van der Waals surface area contributed by atoms with Crippen LogP contribution < -0.4 is 5.32 Å². The number of hydrogen-bond donors (Lipinski definition) is 2. The van der Waals surface area contributed by atoms with Gasteiger partial charge in [0.1, 0.15) is 0 Å². The molecule has 2 atom stereocenters. The molecule has 1 aromatic carbocycles. The summed E-state index contributed by atoms with van der Waals surface area (Å²) in [7, 11) is -1.01. The maximum Gasteiger partial charge on any atom is 0.0779 e. The van der Waals surface area contributed by atoms with Gasteiger partial charge in [0.05, 0.1) is 11.9 Å². The third kappa shape index (κ3) is 6.56. The highest BCUT2D eigenvalue weighted by atomic mass is 32.2. The topological polar surface area (TPSA) is 49.3 Å². The van der Waals surface area contributed by atoms with E-state index in [0.29, 0.717) is 24.1 Å². The molecule has 0 unspecified atom stereocenters. The summed E-state index contributed by atoms with van der Waals surface area (Å²) in [4.78, 5) is 0. The molecule has 2 N–H and O–H groups in total. The zero-order chi connectivity index (χ0) is 12.7. The van der Waals surface area contributed by atoms with Crippen LogP contribution in [0.3, 0.4) is 0 Å². The van der Waals surface area contributed by atoms with Crippen molar-refractivity contribution in [3.05, 3.63) is 35.9 Å². The zero-order valence-electron chi connectivity index (χ0n) is 10.4. The van der Waals surface area contributed by atoms with Crippen LogP contribution in [0.15, 0.2) is 30.3 Å². The maximum atomic E-state index is 11.8. The van der Waals surface area contributed by atoms with Crippen LogP contribution in [0.25, 0.3) is 0 Å². The Labute approximate surface area is 106 Å². The van der Waals surface area contributed by atoms with Crippen LogP contribution in [0, 0.1) is 0 Å². The number of benzene rings is 1. The average Bonchev–Trinajstić information content (AvgIpc) is 2.27. The van der Waals surface area contributed by atoms with Gasteiger partial charge in [-0.3, -0.25) is 4.21 Å². The standard InChI is InChI=1S/C13H21NO2S/c1-11(2)14-8-13(15)10-17(16)9-12-6-4-3-5-7-12/h3-7,11,13-15H,8-10H2,1-2H3/t13-,17-/m0/s1. The summed E-state index contributed by atoms with van der Waals surface area (Å²) in [5.41, 5.74) is 1.05. The molecule has 0 aliphatic carbocycles. The highest BCUT2D eigenvalue weighted by molar-refractivity contribution is 7.84. The molecular formula is C13H21NO2S. The fraction of sp³-hybridized carbons (Fsp3) is 0.538. The van der Waals surface area contributed by atoms with E-state index in [2.05, 4.69) is 5.32 Å². The van der Waals surface area contributed by atoms with E-state index in [9.17, 15) is 9.32 Å². The van der Waals surface area contributed by atoms with Crippen molar-refractivity contribution in [1.82, 2.24) is 5.32 Å². The second-order valence-corrected chi connectivity index (χ2v) is 5.95. The summed E-state index contributed by atoms with van der Waals surface area (Å²) in [5, 5.41) is 12.8. The number of aliphatic hydroxyl groups excluding tert-OH is 1. The first kappa shape index (κ1) is 14.4. The normalized spacial score (nSPS) is 14.8. The monoisotopic (exact) mass is 255 g/mol. The number of rotatable bonds is 7. The van der Waals surface area contributed by atoms with E-state index < -0.39 is 16.9 Å². The van der Waals surface area contributed by atoms with Crippen LogP contribution in [-0.4, -0.2) is 33.8 Å². The third-order valence-corrected chi connectivity index (χ3v) is 3.72. The van der Waals surface area contributed by atoms with Crippen LogP contribution in [0.5, 0.6) is 0 Å². The Morgan fingerprint density at radius 3 is 2.53 bits per heavy atom. The minimum absolute atomic E-state index is 0.328. The molecule has 17 heavy (non-hydrogen) atoms. The van der Waals surface area contributed by atoms with Gasteiger partial charge in [-0.05, 0) is 5.56 Å². The fourth-order valence-corrected chi connectivity index (χ4v) is 2.69. The summed E-state index contributed by atoms with van der Waals surface area (Å²) in [6.07, 6.45) is -0.540. The highest BCUT2D eigenvalue weighted by Gasteiger charge is 2.10. The van der Waals surface area contributed by atoms with Crippen molar-refractivity contribution in [2.45, 2.75) is 31.7 Å². The van der Waals surface area contributed by atoms with E-state index in [1.54, 1.807) is 0 Å². The second kappa shape index (κ2) is 7.58. The summed E-state index contributed by atoms with van der Waals surface area (Å²) in [6.45, 7) is 4.54. The van der Waals surface area contributed by atoms with E-state index >= 15 is 0 Å². The van der Waals surface area contributed by atoms with Crippen LogP contribution in [0.1, 0.15) is 19.4 Å². The van der Waals surface area contributed by atoms with Gasteiger partial charge < -0.3 is 10.4 Å². The number of aliphatic hydroxyl groups is 1. The van der Waals surface area contributed by atoms with Crippen molar-refractivity contribution >= 4 is 10.8 Å². The molecule has 0 saturated heterocycles.